The van der Waals surface area contributed by atoms with Gasteiger partial charge in [0.25, 0.3) is 0 Å². The first kappa shape index (κ1) is 8.05. The summed E-state index contributed by atoms with van der Waals surface area (Å²) in [6, 6.07) is 5.09. The molecule has 2 aromatic rings. The molecule has 0 unspecified atom stereocenters. The van der Waals surface area contributed by atoms with Crippen LogP contribution in [0.15, 0.2) is 37.1 Å². The second-order valence-corrected chi connectivity index (χ2v) is 2.97. The van der Waals surface area contributed by atoms with E-state index in [9.17, 15) is 4.39 Å². The molecule has 1 aromatic carbocycles. The van der Waals surface area contributed by atoms with Crippen molar-refractivity contribution >= 4 is 10.9 Å². The summed E-state index contributed by atoms with van der Waals surface area (Å²) in [7, 11) is 0. The topological polar surface area (TPSA) is 15.8 Å². The molecule has 13 heavy (non-hydrogen) atoms. The molecule has 0 amide bonds. The smallest absolute Gasteiger partial charge is 0.147 e. The normalized spacial score (nSPS) is 10.5. The van der Waals surface area contributed by atoms with E-state index in [1.54, 1.807) is 6.07 Å². The van der Waals surface area contributed by atoms with Gasteiger partial charge in [0.1, 0.15) is 5.82 Å². The number of halogens is 1. The van der Waals surface area contributed by atoms with E-state index in [1.807, 2.05) is 18.3 Å². The predicted octanol–water partition coefficient (Wildman–Crippen LogP) is 3.04. The minimum Gasteiger partial charge on any atom is -0.359 e. The Bertz CT molecular complexity index is 442. The van der Waals surface area contributed by atoms with Gasteiger partial charge in [-0.1, -0.05) is 18.2 Å². The molecule has 1 nitrogen and oxygen atoms in total. The third-order valence-corrected chi connectivity index (χ3v) is 2.11. The first-order chi connectivity index (χ1) is 6.33. The Kier molecular flexibility index (Phi) is 1.89. The number of allylic oxidation sites excluding steroid dienone is 1. The van der Waals surface area contributed by atoms with Gasteiger partial charge < -0.3 is 4.98 Å². The van der Waals surface area contributed by atoms with Crippen LogP contribution in [0.3, 0.4) is 0 Å². The SMILES string of the molecule is C=CCc1c[nH]c2c(F)cccc12. The fourth-order valence-corrected chi connectivity index (χ4v) is 1.50. The molecule has 0 aliphatic carbocycles. The van der Waals surface area contributed by atoms with Crippen LogP contribution in [0.25, 0.3) is 10.9 Å². The van der Waals surface area contributed by atoms with E-state index in [1.165, 1.54) is 6.07 Å². The second-order valence-electron chi connectivity index (χ2n) is 2.97. The van der Waals surface area contributed by atoms with Crippen molar-refractivity contribution in [2.45, 2.75) is 6.42 Å². The van der Waals surface area contributed by atoms with Crippen LogP contribution in [-0.4, -0.2) is 4.98 Å². The van der Waals surface area contributed by atoms with E-state index in [-0.39, 0.29) is 5.82 Å². The van der Waals surface area contributed by atoms with Crippen molar-refractivity contribution in [1.82, 2.24) is 4.98 Å². The van der Waals surface area contributed by atoms with Crippen molar-refractivity contribution < 1.29 is 4.39 Å². The molecule has 0 aliphatic heterocycles. The van der Waals surface area contributed by atoms with Crippen LogP contribution in [0.1, 0.15) is 5.56 Å². The van der Waals surface area contributed by atoms with Gasteiger partial charge in [-0.25, -0.2) is 4.39 Å². The molecule has 0 fully saturated rings. The Morgan fingerprint density at radius 3 is 3.08 bits per heavy atom. The van der Waals surface area contributed by atoms with Gasteiger partial charge in [0.15, 0.2) is 0 Å². The zero-order valence-corrected chi connectivity index (χ0v) is 7.18. The summed E-state index contributed by atoms with van der Waals surface area (Å²) in [4.78, 5) is 2.92. The molecule has 1 heterocycles. The highest BCUT2D eigenvalue weighted by atomic mass is 19.1. The number of aromatic nitrogens is 1. The molecule has 1 N–H and O–H groups in total. The summed E-state index contributed by atoms with van der Waals surface area (Å²) in [5, 5.41) is 0.944. The number of benzene rings is 1. The van der Waals surface area contributed by atoms with Crippen molar-refractivity contribution in [1.29, 1.82) is 0 Å². The lowest BCUT2D eigenvalue weighted by Crippen LogP contribution is -1.78. The van der Waals surface area contributed by atoms with E-state index in [4.69, 9.17) is 0 Å². The van der Waals surface area contributed by atoms with Crippen LogP contribution in [-0.2, 0) is 6.42 Å². The third-order valence-electron chi connectivity index (χ3n) is 2.11. The average molecular weight is 175 g/mol. The van der Waals surface area contributed by atoms with E-state index in [2.05, 4.69) is 11.6 Å². The molecule has 66 valence electrons. The van der Waals surface area contributed by atoms with Crippen LogP contribution in [0.4, 0.5) is 4.39 Å². The third kappa shape index (κ3) is 1.24. The fourth-order valence-electron chi connectivity index (χ4n) is 1.50. The van der Waals surface area contributed by atoms with Gasteiger partial charge in [-0.2, -0.15) is 0 Å². The van der Waals surface area contributed by atoms with Gasteiger partial charge >= 0.3 is 0 Å². The van der Waals surface area contributed by atoms with Crippen molar-refractivity contribution in [2.75, 3.05) is 0 Å². The van der Waals surface area contributed by atoms with Crippen LogP contribution < -0.4 is 0 Å². The minimum absolute atomic E-state index is 0.201. The lowest BCUT2D eigenvalue weighted by atomic mass is 10.1. The highest BCUT2D eigenvalue weighted by molar-refractivity contribution is 5.83. The van der Waals surface area contributed by atoms with Gasteiger partial charge in [0, 0.05) is 11.6 Å². The molecular weight excluding hydrogens is 165 g/mol. The molecule has 0 radical (unpaired) electrons. The molecule has 0 spiro atoms. The molecule has 2 heteroatoms. The van der Waals surface area contributed by atoms with Crippen LogP contribution in [0.5, 0.6) is 0 Å². The minimum atomic E-state index is -0.201. The Morgan fingerprint density at radius 1 is 1.46 bits per heavy atom. The van der Waals surface area contributed by atoms with Crippen molar-refractivity contribution in [3.05, 3.63) is 48.4 Å². The molecule has 0 aliphatic rings. The molecule has 2 rings (SSSR count). The quantitative estimate of drug-likeness (QED) is 0.675. The lowest BCUT2D eigenvalue weighted by molar-refractivity contribution is 0.637. The molecule has 0 bridgehead atoms. The molecule has 0 atom stereocenters. The number of fused-ring (bicyclic) bond motifs is 1. The monoisotopic (exact) mass is 175 g/mol. The van der Waals surface area contributed by atoms with E-state index < -0.39 is 0 Å². The number of aromatic amines is 1. The first-order valence-electron chi connectivity index (χ1n) is 4.18. The van der Waals surface area contributed by atoms with Crippen molar-refractivity contribution in [3.63, 3.8) is 0 Å². The summed E-state index contributed by atoms with van der Waals surface area (Å²) in [6.07, 6.45) is 4.41. The number of hydrogen-bond donors (Lipinski definition) is 1. The highest BCUT2D eigenvalue weighted by Gasteiger charge is 2.04. The van der Waals surface area contributed by atoms with Crippen molar-refractivity contribution in [2.24, 2.45) is 0 Å². The molecule has 0 saturated carbocycles. The molecular formula is C11H10FN. The summed E-state index contributed by atoms with van der Waals surface area (Å²) in [5.41, 5.74) is 1.67. The predicted molar refractivity (Wildman–Crippen MR) is 52.2 cm³/mol. The fraction of sp³-hybridized carbons (Fsp3) is 0.0909. The first-order valence-corrected chi connectivity index (χ1v) is 4.18. The van der Waals surface area contributed by atoms with Crippen LogP contribution in [0.2, 0.25) is 0 Å². The second kappa shape index (κ2) is 3.05. The Labute approximate surface area is 75.9 Å². The molecule has 0 saturated heterocycles. The maximum absolute atomic E-state index is 13.2. The van der Waals surface area contributed by atoms with Gasteiger partial charge in [0.05, 0.1) is 5.52 Å². The van der Waals surface area contributed by atoms with Gasteiger partial charge in [-0.15, -0.1) is 6.58 Å². The lowest BCUT2D eigenvalue weighted by Gasteiger charge is -1.93. The number of nitrogens with one attached hydrogen (secondary N) is 1. The zero-order chi connectivity index (χ0) is 9.26. The summed E-state index contributed by atoms with van der Waals surface area (Å²) in [6.45, 7) is 3.66. The number of hydrogen-bond acceptors (Lipinski definition) is 0. The Morgan fingerprint density at radius 2 is 2.31 bits per heavy atom. The van der Waals surface area contributed by atoms with Gasteiger partial charge in [-0.05, 0) is 18.1 Å². The number of rotatable bonds is 2. The largest absolute Gasteiger partial charge is 0.359 e. The number of H-pyrrole nitrogens is 1. The highest BCUT2D eigenvalue weighted by Crippen LogP contribution is 2.20. The van der Waals surface area contributed by atoms with E-state index >= 15 is 0 Å². The Hall–Kier alpha value is -1.57. The summed E-state index contributed by atoms with van der Waals surface area (Å²) >= 11 is 0. The summed E-state index contributed by atoms with van der Waals surface area (Å²) in [5.74, 6) is -0.201. The van der Waals surface area contributed by atoms with Crippen LogP contribution in [0, 0.1) is 5.82 Å². The zero-order valence-electron chi connectivity index (χ0n) is 7.18. The van der Waals surface area contributed by atoms with Gasteiger partial charge in [0.2, 0.25) is 0 Å². The van der Waals surface area contributed by atoms with E-state index in [0.717, 1.165) is 17.4 Å². The maximum atomic E-state index is 13.2. The van der Waals surface area contributed by atoms with Crippen LogP contribution >= 0.6 is 0 Å². The standard InChI is InChI=1S/C11H10FN/c1-2-4-8-7-13-11-9(8)5-3-6-10(11)12/h2-3,5-7,13H,1,4H2. The van der Waals surface area contributed by atoms with Crippen molar-refractivity contribution in [3.8, 4) is 0 Å². The summed E-state index contributed by atoms with van der Waals surface area (Å²) < 4.78 is 13.2. The molecule has 1 aromatic heterocycles. The average Bonchev–Trinajstić information content (AvgIpc) is 2.51. The van der Waals surface area contributed by atoms with E-state index in [0.29, 0.717) is 5.52 Å². The number of para-hydroxylation sites is 1. The Balaban J connectivity index is 2.67. The van der Waals surface area contributed by atoms with Gasteiger partial charge in [-0.3, -0.25) is 0 Å². The maximum Gasteiger partial charge on any atom is 0.147 e.